The molecule has 0 saturated heterocycles. The van der Waals surface area contributed by atoms with Crippen molar-refractivity contribution in [1.82, 2.24) is 15.0 Å². The van der Waals surface area contributed by atoms with Gasteiger partial charge in [0.1, 0.15) is 5.65 Å². The van der Waals surface area contributed by atoms with Gasteiger partial charge in [-0.05, 0) is 38.5 Å². The van der Waals surface area contributed by atoms with E-state index in [0.717, 1.165) is 22.3 Å². The second-order valence-electron chi connectivity index (χ2n) is 5.17. The molecule has 0 bridgehead atoms. The van der Waals surface area contributed by atoms with Gasteiger partial charge in [0, 0.05) is 11.1 Å². The first-order valence-electron chi connectivity index (χ1n) is 6.80. The average molecular weight is 320 g/mol. The van der Waals surface area contributed by atoms with Crippen LogP contribution in [0.2, 0.25) is 5.02 Å². The molecular formula is C16H15ClFN3O. The Kier molecular flexibility index (Phi) is 3.53. The summed E-state index contributed by atoms with van der Waals surface area (Å²) in [5, 5.41) is 1.19. The molecule has 3 aromatic rings. The van der Waals surface area contributed by atoms with Gasteiger partial charge < -0.3 is 9.72 Å². The van der Waals surface area contributed by atoms with Gasteiger partial charge in [0.2, 0.25) is 0 Å². The van der Waals surface area contributed by atoms with Crippen molar-refractivity contribution in [3.05, 3.63) is 39.9 Å². The quantitative estimate of drug-likeness (QED) is 0.764. The summed E-state index contributed by atoms with van der Waals surface area (Å²) in [6.45, 7) is 5.87. The number of H-pyrrole nitrogens is 1. The van der Waals surface area contributed by atoms with Crippen LogP contribution in [0.25, 0.3) is 22.4 Å². The maximum absolute atomic E-state index is 14.5. The zero-order chi connectivity index (χ0) is 16.0. The van der Waals surface area contributed by atoms with Crippen LogP contribution in [0, 0.1) is 26.6 Å². The predicted octanol–water partition coefficient (Wildman–Crippen LogP) is 4.35. The van der Waals surface area contributed by atoms with Crippen LogP contribution in [0.15, 0.2) is 12.1 Å². The highest BCUT2D eigenvalue weighted by atomic mass is 35.5. The first kappa shape index (κ1) is 14.8. The fourth-order valence-electron chi connectivity index (χ4n) is 2.58. The number of aromatic amines is 1. The molecule has 0 fully saturated rings. The van der Waals surface area contributed by atoms with Crippen LogP contribution in [-0.2, 0) is 0 Å². The fraction of sp³-hybridized carbons (Fsp3) is 0.250. The van der Waals surface area contributed by atoms with Crippen molar-refractivity contribution in [1.29, 1.82) is 0 Å². The summed E-state index contributed by atoms with van der Waals surface area (Å²) < 4.78 is 19.5. The smallest absolute Gasteiger partial charge is 0.177 e. The monoisotopic (exact) mass is 319 g/mol. The summed E-state index contributed by atoms with van der Waals surface area (Å²) in [5.74, 6) is -0.258. The largest absolute Gasteiger partial charge is 0.492 e. The van der Waals surface area contributed by atoms with E-state index < -0.39 is 5.82 Å². The molecule has 0 amide bonds. The van der Waals surface area contributed by atoms with Crippen LogP contribution >= 0.6 is 11.6 Å². The van der Waals surface area contributed by atoms with E-state index in [4.69, 9.17) is 16.3 Å². The molecule has 0 atom stereocenters. The molecule has 4 nitrogen and oxygen atoms in total. The molecule has 114 valence electrons. The molecule has 22 heavy (non-hydrogen) atoms. The minimum Gasteiger partial charge on any atom is -0.492 e. The molecule has 1 N–H and O–H groups in total. The third-order valence-corrected chi connectivity index (χ3v) is 4.13. The highest BCUT2D eigenvalue weighted by molar-refractivity contribution is 6.32. The van der Waals surface area contributed by atoms with E-state index in [0.29, 0.717) is 11.5 Å². The van der Waals surface area contributed by atoms with Gasteiger partial charge in [-0.1, -0.05) is 11.6 Å². The second kappa shape index (κ2) is 5.25. The topological polar surface area (TPSA) is 50.8 Å². The molecule has 3 rings (SSSR count). The summed E-state index contributed by atoms with van der Waals surface area (Å²) in [6, 6.07) is 3.14. The van der Waals surface area contributed by atoms with E-state index in [1.165, 1.54) is 7.11 Å². The molecule has 2 aromatic heterocycles. The van der Waals surface area contributed by atoms with Crippen LogP contribution in [0.3, 0.4) is 0 Å². The van der Waals surface area contributed by atoms with Crippen molar-refractivity contribution in [2.45, 2.75) is 20.8 Å². The Hall–Kier alpha value is -2.14. The average Bonchev–Trinajstić information content (AvgIpc) is 2.75. The minimum atomic E-state index is -0.561. The number of halogens is 2. The Morgan fingerprint density at radius 3 is 2.59 bits per heavy atom. The summed E-state index contributed by atoms with van der Waals surface area (Å²) >= 11 is 5.93. The van der Waals surface area contributed by atoms with Crippen molar-refractivity contribution < 1.29 is 9.13 Å². The molecule has 0 radical (unpaired) electrons. The SMILES string of the molecule is COc1c(Cl)ccc(-c2nc(C)c3c(C)c(C)[nH]c3n2)c1F. The molecule has 0 aliphatic carbocycles. The van der Waals surface area contributed by atoms with Crippen LogP contribution < -0.4 is 4.74 Å². The van der Waals surface area contributed by atoms with Gasteiger partial charge in [-0.2, -0.15) is 0 Å². The Labute approximate surface area is 132 Å². The van der Waals surface area contributed by atoms with Crippen molar-refractivity contribution in [3.8, 4) is 17.1 Å². The van der Waals surface area contributed by atoms with Gasteiger partial charge >= 0.3 is 0 Å². The lowest BCUT2D eigenvalue weighted by molar-refractivity contribution is 0.387. The fourth-order valence-corrected chi connectivity index (χ4v) is 2.81. The van der Waals surface area contributed by atoms with E-state index >= 15 is 0 Å². The number of aromatic nitrogens is 3. The van der Waals surface area contributed by atoms with E-state index in [1.54, 1.807) is 12.1 Å². The molecule has 1 aromatic carbocycles. The van der Waals surface area contributed by atoms with Gasteiger partial charge in [0.15, 0.2) is 17.4 Å². The highest BCUT2D eigenvalue weighted by Gasteiger charge is 2.18. The van der Waals surface area contributed by atoms with Crippen molar-refractivity contribution >= 4 is 22.6 Å². The molecule has 0 aliphatic rings. The highest BCUT2D eigenvalue weighted by Crippen LogP contribution is 2.34. The van der Waals surface area contributed by atoms with E-state index in [-0.39, 0.29) is 16.3 Å². The van der Waals surface area contributed by atoms with Gasteiger partial charge in [-0.15, -0.1) is 0 Å². The summed E-state index contributed by atoms with van der Waals surface area (Å²) in [4.78, 5) is 12.1. The first-order chi connectivity index (χ1) is 10.4. The Balaban J connectivity index is 2.28. The third kappa shape index (κ3) is 2.13. The number of ether oxygens (including phenoxy) is 1. The third-order valence-electron chi connectivity index (χ3n) is 3.83. The molecule has 0 aliphatic heterocycles. The van der Waals surface area contributed by atoms with Crippen LogP contribution in [-0.4, -0.2) is 22.1 Å². The Morgan fingerprint density at radius 2 is 1.91 bits per heavy atom. The molecule has 0 unspecified atom stereocenters. The summed E-state index contributed by atoms with van der Waals surface area (Å²) in [5.41, 5.74) is 3.89. The number of methoxy groups -OCH3 is 1. The number of benzene rings is 1. The lowest BCUT2D eigenvalue weighted by Gasteiger charge is -2.09. The number of nitrogens with one attached hydrogen (secondary N) is 1. The summed E-state index contributed by atoms with van der Waals surface area (Å²) in [7, 11) is 1.38. The standard InChI is InChI=1S/C16H15ClFN3O/c1-7-8(2)19-16-12(7)9(3)20-15(21-16)10-5-6-11(17)14(22-4)13(10)18/h5-6H,1-4H3,(H,19,20,21). The molecule has 6 heteroatoms. The van der Waals surface area contributed by atoms with E-state index in [9.17, 15) is 4.39 Å². The van der Waals surface area contributed by atoms with Crippen molar-refractivity contribution in [2.75, 3.05) is 7.11 Å². The maximum Gasteiger partial charge on any atom is 0.177 e. The van der Waals surface area contributed by atoms with Crippen molar-refractivity contribution in [2.24, 2.45) is 0 Å². The number of rotatable bonds is 2. The molecule has 0 spiro atoms. The van der Waals surface area contributed by atoms with Gasteiger partial charge in [0.25, 0.3) is 0 Å². The lowest BCUT2D eigenvalue weighted by atomic mass is 10.1. The molecule has 2 heterocycles. The number of fused-ring (bicyclic) bond motifs is 1. The van der Waals surface area contributed by atoms with Gasteiger partial charge in [-0.25, -0.2) is 14.4 Å². The second-order valence-corrected chi connectivity index (χ2v) is 5.58. The number of hydrogen-bond acceptors (Lipinski definition) is 3. The van der Waals surface area contributed by atoms with E-state index in [1.807, 2.05) is 20.8 Å². The van der Waals surface area contributed by atoms with Gasteiger partial charge in [0.05, 0.1) is 23.4 Å². The Bertz CT molecular complexity index is 889. The van der Waals surface area contributed by atoms with Crippen LogP contribution in [0.1, 0.15) is 17.0 Å². The number of hydrogen-bond donors (Lipinski definition) is 1. The van der Waals surface area contributed by atoms with Crippen LogP contribution in [0.5, 0.6) is 5.75 Å². The normalized spacial score (nSPS) is 11.2. The molecule has 0 saturated carbocycles. The first-order valence-corrected chi connectivity index (χ1v) is 7.17. The Morgan fingerprint density at radius 1 is 1.18 bits per heavy atom. The minimum absolute atomic E-state index is 0.000589. The number of aryl methyl sites for hydroxylation is 3. The lowest BCUT2D eigenvalue weighted by Crippen LogP contribution is -1.98. The maximum atomic E-state index is 14.5. The number of nitrogens with zero attached hydrogens (tertiary/aromatic N) is 2. The van der Waals surface area contributed by atoms with Gasteiger partial charge in [-0.3, -0.25) is 0 Å². The summed E-state index contributed by atoms with van der Waals surface area (Å²) in [6.07, 6.45) is 0. The van der Waals surface area contributed by atoms with Crippen molar-refractivity contribution in [3.63, 3.8) is 0 Å². The van der Waals surface area contributed by atoms with Crippen LogP contribution in [0.4, 0.5) is 4.39 Å². The van der Waals surface area contributed by atoms with E-state index in [2.05, 4.69) is 15.0 Å². The zero-order valence-corrected chi connectivity index (χ0v) is 13.5. The predicted molar refractivity (Wildman–Crippen MR) is 85.1 cm³/mol. The molecular weight excluding hydrogens is 305 g/mol. The zero-order valence-electron chi connectivity index (χ0n) is 12.7.